The second-order valence-corrected chi connectivity index (χ2v) is 1.57. The van der Waals surface area contributed by atoms with Gasteiger partial charge in [0.05, 0.1) is 0 Å². The summed E-state index contributed by atoms with van der Waals surface area (Å²) in [5.74, 6) is 2.13. The molecule has 0 amide bonds. The lowest BCUT2D eigenvalue weighted by Gasteiger charge is -1.93. The maximum absolute atomic E-state index is 3.06. The smallest absolute Gasteiger partial charge is 0.203 e. The Bertz CT molecular complexity index is 115. The van der Waals surface area contributed by atoms with Gasteiger partial charge in [-0.2, -0.15) is 0 Å². The molecule has 0 bridgehead atoms. The van der Waals surface area contributed by atoms with Crippen molar-refractivity contribution in [1.29, 1.82) is 0 Å². The van der Waals surface area contributed by atoms with Crippen LogP contribution in [-0.2, 0) is 0 Å². The third-order valence-corrected chi connectivity index (χ3v) is 1.09. The van der Waals surface area contributed by atoms with Crippen LogP contribution in [0, 0.1) is 0 Å². The normalized spacial score (nSPS) is 15.9. The van der Waals surface area contributed by atoms with Crippen LogP contribution in [0.4, 0.5) is 0 Å². The minimum absolute atomic E-state index is 1.08. The molecule has 0 aromatic carbocycles. The Kier molecular flexibility index (Phi) is 1.20. The Morgan fingerprint density at radius 2 is 2.57 bits per heavy atom. The van der Waals surface area contributed by atoms with E-state index < -0.39 is 0 Å². The molecule has 0 aromatic rings. The molecule has 1 N–H and O–H groups in total. The van der Waals surface area contributed by atoms with Crippen molar-refractivity contribution < 1.29 is 0 Å². The fourth-order valence-electron chi connectivity index (χ4n) is 0.633. The van der Waals surface area contributed by atoms with Crippen LogP contribution in [0.3, 0.4) is 0 Å². The van der Waals surface area contributed by atoms with Crippen molar-refractivity contribution in [3.8, 4) is 0 Å². The molecule has 0 saturated heterocycles. The standard InChI is InChI=1S/C5H8BN/c1-7-5-3-2-4-6-5/h2-4,6-7H,1H3. The first-order chi connectivity index (χ1) is 3.43. The van der Waals surface area contributed by atoms with E-state index in [4.69, 9.17) is 0 Å². The molecule has 0 spiro atoms. The number of nitrogens with one attached hydrogen (secondary N) is 1. The molecule has 0 saturated carbocycles. The Morgan fingerprint density at radius 3 is 2.86 bits per heavy atom. The second kappa shape index (κ2) is 1.87. The molecule has 0 fully saturated rings. The number of allylic oxidation sites excluding steroid dienone is 2. The molecule has 1 aliphatic heterocycles. The monoisotopic (exact) mass is 93.1 g/mol. The van der Waals surface area contributed by atoms with E-state index in [1.54, 1.807) is 0 Å². The van der Waals surface area contributed by atoms with Gasteiger partial charge < -0.3 is 5.32 Å². The molecule has 0 radical (unpaired) electrons. The first-order valence-electron chi connectivity index (χ1n) is 2.47. The molecule has 2 heteroatoms. The van der Waals surface area contributed by atoms with Crippen molar-refractivity contribution in [1.82, 2.24) is 5.32 Å². The number of rotatable bonds is 1. The van der Waals surface area contributed by atoms with E-state index in [0.717, 1.165) is 7.28 Å². The van der Waals surface area contributed by atoms with Crippen LogP contribution in [0.15, 0.2) is 23.7 Å². The van der Waals surface area contributed by atoms with E-state index >= 15 is 0 Å². The zero-order valence-corrected chi connectivity index (χ0v) is 4.44. The van der Waals surface area contributed by atoms with Crippen LogP contribution in [0.5, 0.6) is 0 Å². The van der Waals surface area contributed by atoms with Crippen molar-refractivity contribution in [3.05, 3.63) is 23.7 Å². The highest BCUT2D eigenvalue weighted by Gasteiger charge is 1.94. The summed E-state index contributed by atoms with van der Waals surface area (Å²) in [5, 5.41) is 3.06. The van der Waals surface area contributed by atoms with Gasteiger partial charge in [-0.3, -0.25) is 0 Å². The second-order valence-electron chi connectivity index (χ2n) is 1.57. The molecule has 36 valence electrons. The van der Waals surface area contributed by atoms with E-state index in [1.165, 1.54) is 5.60 Å². The minimum Gasteiger partial charge on any atom is -0.399 e. The molecule has 0 aliphatic carbocycles. The third-order valence-electron chi connectivity index (χ3n) is 1.09. The van der Waals surface area contributed by atoms with Crippen LogP contribution in [0.2, 0.25) is 0 Å². The Balaban J connectivity index is 2.45. The number of hydrogen-bond acceptors (Lipinski definition) is 1. The molecule has 1 rings (SSSR count). The highest BCUT2D eigenvalue weighted by atomic mass is 14.8. The summed E-state index contributed by atoms with van der Waals surface area (Å²) >= 11 is 0. The summed E-state index contributed by atoms with van der Waals surface area (Å²) < 4.78 is 0. The summed E-state index contributed by atoms with van der Waals surface area (Å²) in [5.41, 5.74) is 1.31. The number of hydrogen-bond donors (Lipinski definition) is 1. The summed E-state index contributed by atoms with van der Waals surface area (Å²) in [7, 11) is 3.02. The molecule has 1 nitrogen and oxygen atoms in total. The van der Waals surface area contributed by atoms with Crippen LogP contribution < -0.4 is 5.32 Å². The maximum atomic E-state index is 3.06. The molecule has 1 heterocycles. The Morgan fingerprint density at radius 1 is 1.71 bits per heavy atom. The van der Waals surface area contributed by atoms with Gasteiger partial charge in [-0.15, -0.1) is 5.98 Å². The largest absolute Gasteiger partial charge is 0.399 e. The molecule has 0 atom stereocenters. The summed E-state index contributed by atoms with van der Waals surface area (Å²) in [6, 6.07) is 0. The molecular formula is C5H8BN. The van der Waals surface area contributed by atoms with Gasteiger partial charge in [0.25, 0.3) is 0 Å². The van der Waals surface area contributed by atoms with Gasteiger partial charge in [0.2, 0.25) is 7.28 Å². The molecule has 0 aromatic heterocycles. The van der Waals surface area contributed by atoms with Crippen LogP contribution in [0.1, 0.15) is 0 Å². The average molecular weight is 92.9 g/mol. The van der Waals surface area contributed by atoms with Gasteiger partial charge >= 0.3 is 0 Å². The van der Waals surface area contributed by atoms with Crippen molar-refractivity contribution in [3.63, 3.8) is 0 Å². The van der Waals surface area contributed by atoms with Crippen LogP contribution in [-0.4, -0.2) is 14.3 Å². The third kappa shape index (κ3) is 0.859. The summed E-state index contributed by atoms with van der Waals surface area (Å²) in [6.45, 7) is 0. The van der Waals surface area contributed by atoms with Gasteiger partial charge in [0, 0.05) is 7.05 Å². The predicted molar refractivity (Wildman–Crippen MR) is 33.4 cm³/mol. The van der Waals surface area contributed by atoms with Crippen molar-refractivity contribution in [2.24, 2.45) is 0 Å². The average Bonchev–Trinajstić information content (AvgIpc) is 2.14. The SMILES string of the molecule is CNC1=CC=CB1. The lowest BCUT2D eigenvalue weighted by Crippen LogP contribution is -2.07. The quantitative estimate of drug-likeness (QED) is 0.450. The highest BCUT2D eigenvalue weighted by molar-refractivity contribution is 6.52. The van der Waals surface area contributed by atoms with Crippen molar-refractivity contribution >= 4 is 7.28 Å². The zero-order chi connectivity index (χ0) is 5.11. The molecular weight excluding hydrogens is 84.9 g/mol. The zero-order valence-electron chi connectivity index (χ0n) is 4.44. The summed E-state index contributed by atoms with van der Waals surface area (Å²) in [4.78, 5) is 0. The van der Waals surface area contributed by atoms with Gasteiger partial charge in [0.1, 0.15) is 0 Å². The van der Waals surface area contributed by atoms with Crippen molar-refractivity contribution in [2.75, 3.05) is 7.05 Å². The topological polar surface area (TPSA) is 12.0 Å². The van der Waals surface area contributed by atoms with E-state index in [1.807, 2.05) is 7.05 Å². The lowest BCUT2D eigenvalue weighted by atomic mass is 9.78. The Labute approximate surface area is 44.4 Å². The van der Waals surface area contributed by atoms with Gasteiger partial charge in [0.15, 0.2) is 0 Å². The Hall–Kier alpha value is -0.655. The van der Waals surface area contributed by atoms with E-state index in [0.29, 0.717) is 0 Å². The molecule has 7 heavy (non-hydrogen) atoms. The first-order valence-corrected chi connectivity index (χ1v) is 2.47. The minimum atomic E-state index is 1.08. The fraction of sp³-hybridized carbons (Fsp3) is 0.200. The fourth-order valence-corrected chi connectivity index (χ4v) is 0.633. The van der Waals surface area contributed by atoms with E-state index in [2.05, 4.69) is 23.4 Å². The predicted octanol–water partition coefficient (Wildman–Crippen LogP) is 0.0110. The van der Waals surface area contributed by atoms with Gasteiger partial charge in [-0.25, -0.2) is 0 Å². The lowest BCUT2D eigenvalue weighted by molar-refractivity contribution is 1.07. The maximum Gasteiger partial charge on any atom is 0.203 e. The van der Waals surface area contributed by atoms with Crippen LogP contribution in [0.25, 0.3) is 0 Å². The molecule has 1 aliphatic rings. The van der Waals surface area contributed by atoms with Crippen molar-refractivity contribution in [2.45, 2.75) is 0 Å². The van der Waals surface area contributed by atoms with Crippen LogP contribution >= 0.6 is 0 Å². The molecule has 0 unspecified atom stereocenters. The van der Waals surface area contributed by atoms with E-state index in [-0.39, 0.29) is 0 Å². The van der Waals surface area contributed by atoms with Gasteiger partial charge in [-0.1, -0.05) is 12.2 Å². The van der Waals surface area contributed by atoms with Gasteiger partial charge in [-0.05, 0) is 5.60 Å². The summed E-state index contributed by atoms with van der Waals surface area (Å²) in [6.07, 6.45) is 4.14. The van der Waals surface area contributed by atoms with E-state index in [9.17, 15) is 0 Å². The highest BCUT2D eigenvalue weighted by Crippen LogP contribution is 1.94. The first kappa shape index (κ1) is 4.50.